The van der Waals surface area contributed by atoms with Crippen molar-refractivity contribution in [2.45, 2.75) is 51.6 Å². The van der Waals surface area contributed by atoms with Crippen LogP contribution < -0.4 is 5.32 Å². The first kappa shape index (κ1) is 13.8. The molecule has 0 aromatic carbocycles. The van der Waals surface area contributed by atoms with Gasteiger partial charge in [-0.15, -0.1) is 0 Å². The van der Waals surface area contributed by atoms with E-state index >= 15 is 0 Å². The van der Waals surface area contributed by atoms with E-state index in [1.807, 2.05) is 26.0 Å². The second-order valence-electron chi connectivity index (χ2n) is 4.72. The van der Waals surface area contributed by atoms with Crippen molar-refractivity contribution in [3.05, 3.63) is 24.2 Å². The molecule has 17 heavy (non-hydrogen) atoms. The predicted octanol–water partition coefficient (Wildman–Crippen LogP) is 2.44. The summed E-state index contributed by atoms with van der Waals surface area (Å²) >= 11 is 0. The number of nitrogens with one attached hydrogen (secondary N) is 1. The molecule has 96 valence electrons. The van der Waals surface area contributed by atoms with Gasteiger partial charge >= 0.3 is 5.97 Å². The molecule has 4 heteroatoms. The molecule has 0 radical (unpaired) electrons. The van der Waals surface area contributed by atoms with Crippen molar-refractivity contribution in [2.75, 3.05) is 0 Å². The van der Waals surface area contributed by atoms with Crippen molar-refractivity contribution in [2.24, 2.45) is 0 Å². The summed E-state index contributed by atoms with van der Waals surface area (Å²) in [7, 11) is 0. The Labute approximate surface area is 102 Å². The average Bonchev–Trinajstić information content (AvgIpc) is 2.70. The van der Waals surface area contributed by atoms with Crippen molar-refractivity contribution in [3.8, 4) is 0 Å². The Morgan fingerprint density at radius 1 is 1.65 bits per heavy atom. The van der Waals surface area contributed by atoms with Crippen LogP contribution in [-0.4, -0.2) is 22.7 Å². The highest BCUT2D eigenvalue weighted by molar-refractivity contribution is 5.78. The first-order chi connectivity index (χ1) is 7.98. The second-order valence-corrected chi connectivity index (χ2v) is 4.72. The molecule has 1 aromatic rings. The van der Waals surface area contributed by atoms with Gasteiger partial charge in [0, 0.05) is 12.5 Å². The van der Waals surface area contributed by atoms with Gasteiger partial charge in [0.25, 0.3) is 0 Å². The molecule has 0 bridgehead atoms. The van der Waals surface area contributed by atoms with E-state index in [1.165, 1.54) is 0 Å². The number of carboxylic acids is 1. The Morgan fingerprint density at radius 2 is 2.35 bits per heavy atom. The number of furan rings is 1. The van der Waals surface area contributed by atoms with Crippen LogP contribution in [0.3, 0.4) is 0 Å². The van der Waals surface area contributed by atoms with Gasteiger partial charge in [-0.1, -0.05) is 13.3 Å². The Kier molecular flexibility index (Phi) is 4.75. The monoisotopic (exact) mass is 239 g/mol. The summed E-state index contributed by atoms with van der Waals surface area (Å²) in [6.45, 7) is 5.69. The molecule has 1 rings (SSSR count). The Hall–Kier alpha value is -1.29. The Bertz CT molecular complexity index is 348. The van der Waals surface area contributed by atoms with Crippen LogP contribution in [0, 0.1) is 0 Å². The lowest BCUT2D eigenvalue weighted by Gasteiger charge is -2.29. The fourth-order valence-electron chi connectivity index (χ4n) is 2.07. The zero-order valence-electron chi connectivity index (χ0n) is 10.7. The van der Waals surface area contributed by atoms with Crippen molar-refractivity contribution < 1.29 is 14.3 Å². The normalized spacial score (nSPS) is 16.4. The third kappa shape index (κ3) is 3.89. The first-order valence-corrected chi connectivity index (χ1v) is 6.01. The zero-order chi connectivity index (χ0) is 12.9. The molecule has 2 N–H and O–H groups in total. The van der Waals surface area contributed by atoms with Gasteiger partial charge in [-0.05, 0) is 32.4 Å². The molecule has 1 aromatic heterocycles. The lowest BCUT2D eigenvalue weighted by Crippen LogP contribution is -2.53. The lowest BCUT2D eigenvalue weighted by atomic mass is 9.94. The number of aliphatic carboxylic acids is 1. The number of carboxylic acid groups (broad SMARTS) is 1. The zero-order valence-corrected chi connectivity index (χ0v) is 10.7. The van der Waals surface area contributed by atoms with Crippen molar-refractivity contribution in [3.63, 3.8) is 0 Å². The number of rotatable bonds is 7. The standard InChI is InChI=1S/C13H21NO3/c1-4-7-13(3,12(15)16)14-10(2)9-11-6-5-8-17-11/h5-6,8,10,14H,4,7,9H2,1-3H3,(H,15,16). The maximum atomic E-state index is 11.3. The highest BCUT2D eigenvalue weighted by atomic mass is 16.4. The summed E-state index contributed by atoms with van der Waals surface area (Å²) in [5.41, 5.74) is -0.860. The molecule has 0 aliphatic carbocycles. The van der Waals surface area contributed by atoms with E-state index in [0.717, 1.165) is 12.2 Å². The fraction of sp³-hybridized carbons (Fsp3) is 0.615. The predicted molar refractivity (Wildman–Crippen MR) is 66.0 cm³/mol. The Morgan fingerprint density at radius 3 is 2.82 bits per heavy atom. The number of hydrogen-bond donors (Lipinski definition) is 2. The van der Waals surface area contributed by atoms with E-state index in [4.69, 9.17) is 4.42 Å². The minimum Gasteiger partial charge on any atom is -0.480 e. The summed E-state index contributed by atoms with van der Waals surface area (Å²) in [6, 6.07) is 3.80. The highest BCUT2D eigenvalue weighted by Crippen LogP contribution is 2.15. The van der Waals surface area contributed by atoms with Gasteiger partial charge in [0.1, 0.15) is 11.3 Å². The molecule has 0 amide bonds. The summed E-state index contributed by atoms with van der Waals surface area (Å²) in [5, 5.41) is 12.4. The molecular weight excluding hydrogens is 218 g/mol. The van der Waals surface area contributed by atoms with Crippen LogP contribution in [0.15, 0.2) is 22.8 Å². The second kappa shape index (κ2) is 5.87. The van der Waals surface area contributed by atoms with E-state index < -0.39 is 11.5 Å². The van der Waals surface area contributed by atoms with Crippen LogP contribution in [0.5, 0.6) is 0 Å². The maximum Gasteiger partial charge on any atom is 0.323 e. The van der Waals surface area contributed by atoms with Crippen LogP contribution in [-0.2, 0) is 11.2 Å². The Balaban J connectivity index is 2.58. The summed E-state index contributed by atoms with van der Waals surface area (Å²) in [6.07, 6.45) is 3.78. The lowest BCUT2D eigenvalue weighted by molar-refractivity contribution is -0.144. The van der Waals surface area contributed by atoms with E-state index in [1.54, 1.807) is 13.2 Å². The van der Waals surface area contributed by atoms with Crippen molar-refractivity contribution in [1.82, 2.24) is 5.32 Å². The molecule has 0 aliphatic heterocycles. The van der Waals surface area contributed by atoms with Gasteiger partial charge in [0.2, 0.25) is 0 Å². The molecular formula is C13H21NO3. The van der Waals surface area contributed by atoms with Crippen molar-refractivity contribution in [1.29, 1.82) is 0 Å². The minimum atomic E-state index is -0.860. The molecule has 0 spiro atoms. The molecule has 2 atom stereocenters. The van der Waals surface area contributed by atoms with Gasteiger partial charge in [-0.25, -0.2) is 0 Å². The van der Waals surface area contributed by atoms with Crippen LogP contribution in [0.4, 0.5) is 0 Å². The largest absolute Gasteiger partial charge is 0.480 e. The molecule has 0 saturated heterocycles. The SMILES string of the molecule is CCCC(C)(NC(C)Cc1ccco1)C(=O)O. The van der Waals surface area contributed by atoms with E-state index in [-0.39, 0.29) is 6.04 Å². The average molecular weight is 239 g/mol. The van der Waals surface area contributed by atoms with Crippen LogP contribution in [0.2, 0.25) is 0 Å². The molecule has 0 aliphatic rings. The summed E-state index contributed by atoms with van der Waals surface area (Å²) in [4.78, 5) is 11.3. The third-order valence-electron chi connectivity index (χ3n) is 2.87. The first-order valence-electron chi connectivity index (χ1n) is 6.01. The van der Waals surface area contributed by atoms with Crippen LogP contribution >= 0.6 is 0 Å². The minimum absolute atomic E-state index is 0.0637. The van der Waals surface area contributed by atoms with E-state index in [0.29, 0.717) is 12.8 Å². The fourth-order valence-corrected chi connectivity index (χ4v) is 2.07. The molecule has 4 nitrogen and oxygen atoms in total. The number of hydrogen-bond acceptors (Lipinski definition) is 3. The van der Waals surface area contributed by atoms with Gasteiger partial charge in [-0.3, -0.25) is 10.1 Å². The third-order valence-corrected chi connectivity index (χ3v) is 2.87. The molecule has 0 saturated carbocycles. The van der Waals surface area contributed by atoms with E-state index in [2.05, 4.69) is 5.32 Å². The molecule has 1 heterocycles. The highest BCUT2D eigenvalue weighted by Gasteiger charge is 2.33. The van der Waals surface area contributed by atoms with Gasteiger partial charge in [0.05, 0.1) is 6.26 Å². The van der Waals surface area contributed by atoms with Gasteiger partial charge in [-0.2, -0.15) is 0 Å². The van der Waals surface area contributed by atoms with Crippen LogP contribution in [0.25, 0.3) is 0 Å². The maximum absolute atomic E-state index is 11.3. The number of carbonyl (C=O) groups is 1. The van der Waals surface area contributed by atoms with Crippen molar-refractivity contribution >= 4 is 5.97 Å². The summed E-state index contributed by atoms with van der Waals surface area (Å²) in [5.74, 6) is 0.0693. The van der Waals surface area contributed by atoms with Crippen LogP contribution in [0.1, 0.15) is 39.4 Å². The smallest absolute Gasteiger partial charge is 0.323 e. The quantitative estimate of drug-likeness (QED) is 0.767. The summed E-state index contributed by atoms with van der Waals surface area (Å²) < 4.78 is 5.25. The van der Waals surface area contributed by atoms with Gasteiger partial charge in [0.15, 0.2) is 0 Å². The topological polar surface area (TPSA) is 62.5 Å². The van der Waals surface area contributed by atoms with Gasteiger partial charge < -0.3 is 9.52 Å². The van der Waals surface area contributed by atoms with E-state index in [9.17, 15) is 9.90 Å². The molecule has 0 fully saturated rings. The molecule has 2 unspecified atom stereocenters.